The van der Waals surface area contributed by atoms with Crippen LogP contribution in [0.1, 0.15) is 36.6 Å². The zero-order valence-corrected chi connectivity index (χ0v) is 11.8. The topological polar surface area (TPSA) is 25.8 Å². The molecular weight excluding hydrogens is 267 g/mol. The Morgan fingerprint density at radius 3 is 2.33 bits per heavy atom. The highest BCUT2D eigenvalue weighted by molar-refractivity contribution is 6.32. The minimum Gasteiger partial charge on any atom is -0.222 e. The van der Waals surface area contributed by atoms with Crippen LogP contribution >= 0.6 is 23.2 Å². The van der Waals surface area contributed by atoms with Crippen LogP contribution in [-0.4, -0.2) is 9.97 Å². The van der Waals surface area contributed by atoms with Gasteiger partial charge in [-0.1, -0.05) is 55.8 Å². The van der Waals surface area contributed by atoms with Crippen molar-refractivity contribution in [2.45, 2.75) is 26.2 Å². The summed E-state index contributed by atoms with van der Waals surface area (Å²) in [6, 6.07) is 10.1. The third-order valence-electron chi connectivity index (χ3n) is 2.74. The Morgan fingerprint density at radius 2 is 1.72 bits per heavy atom. The molecule has 0 bridgehead atoms. The lowest BCUT2D eigenvalue weighted by Gasteiger charge is -2.13. The van der Waals surface area contributed by atoms with Crippen molar-refractivity contribution in [3.8, 4) is 0 Å². The molecule has 0 aliphatic rings. The summed E-state index contributed by atoms with van der Waals surface area (Å²) >= 11 is 12.0. The van der Waals surface area contributed by atoms with E-state index in [0.29, 0.717) is 5.15 Å². The molecule has 1 heterocycles. The summed E-state index contributed by atoms with van der Waals surface area (Å²) in [7, 11) is 0. The van der Waals surface area contributed by atoms with E-state index in [9.17, 15) is 0 Å². The molecule has 0 N–H and O–H groups in total. The number of aromatic nitrogens is 2. The Morgan fingerprint density at radius 1 is 1.06 bits per heavy atom. The Hall–Kier alpha value is -1.12. The molecule has 0 unspecified atom stereocenters. The number of hydrogen-bond donors (Lipinski definition) is 0. The summed E-state index contributed by atoms with van der Waals surface area (Å²) < 4.78 is 0. The smallest absolute Gasteiger partial charge is 0.222 e. The second-order valence-corrected chi connectivity index (χ2v) is 5.16. The number of hydrogen-bond acceptors (Lipinski definition) is 2. The second kappa shape index (κ2) is 5.68. The quantitative estimate of drug-likeness (QED) is 0.611. The van der Waals surface area contributed by atoms with Crippen molar-refractivity contribution in [1.82, 2.24) is 9.97 Å². The molecular formula is C14H14Cl2N2. The first-order chi connectivity index (χ1) is 8.58. The van der Waals surface area contributed by atoms with E-state index in [1.54, 1.807) is 0 Å². The van der Waals surface area contributed by atoms with E-state index in [0.717, 1.165) is 17.7 Å². The summed E-state index contributed by atoms with van der Waals surface area (Å²) in [6.07, 6.45) is 0.719. The van der Waals surface area contributed by atoms with Crippen LogP contribution in [0.3, 0.4) is 0 Å². The van der Waals surface area contributed by atoms with Gasteiger partial charge in [-0.2, -0.15) is 0 Å². The molecule has 1 aromatic heterocycles. The molecule has 0 aliphatic heterocycles. The Labute approximate surface area is 117 Å². The van der Waals surface area contributed by atoms with Gasteiger partial charge in [0.25, 0.3) is 0 Å². The molecule has 2 nitrogen and oxygen atoms in total. The van der Waals surface area contributed by atoms with Crippen molar-refractivity contribution in [2.24, 2.45) is 0 Å². The van der Waals surface area contributed by atoms with Gasteiger partial charge in [-0.3, -0.25) is 0 Å². The molecule has 0 saturated carbocycles. The first kappa shape index (κ1) is 13.3. The first-order valence-corrected chi connectivity index (χ1v) is 6.59. The maximum atomic E-state index is 6.16. The van der Waals surface area contributed by atoms with Gasteiger partial charge in [-0.25, -0.2) is 9.97 Å². The Bertz CT molecular complexity index is 539. The van der Waals surface area contributed by atoms with Gasteiger partial charge in [0.1, 0.15) is 5.15 Å². The summed E-state index contributed by atoms with van der Waals surface area (Å²) in [5.74, 6) is 0.272. The molecule has 0 amide bonds. The number of nitrogens with zero attached hydrogens (tertiary/aromatic N) is 2. The molecule has 2 rings (SSSR count). The molecule has 94 valence electrons. The summed E-state index contributed by atoms with van der Waals surface area (Å²) in [5, 5.41) is 0.659. The van der Waals surface area contributed by atoms with Crippen LogP contribution in [0.25, 0.3) is 0 Å². The van der Waals surface area contributed by atoms with Gasteiger partial charge in [-0.15, -0.1) is 0 Å². The predicted molar refractivity (Wildman–Crippen MR) is 75.4 cm³/mol. The molecule has 0 saturated heterocycles. The highest BCUT2D eigenvalue weighted by atomic mass is 35.5. The van der Waals surface area contributed by atoms with Crippen LogP contribution in [0.4, 0.5) is 0 Å². The van der Waals surface area contributed by atoms with Crippen LogP contribution in [0.5, 0.6) is 0 Å². The largest absolute Gasteiger partial charge is 0.224 e. The molecule has 1 aromatic carbocycles. The Kier molecular flexibility index (Phi) is 4.20. The minimum atomic E-state index is 0.204. The van der Waals surface area contributed by atoms with Crippen molar-refractivity contribution >= 4 is 23.2 Å². The van der Waals surface area contributed by atoms with E-state index >= 15 is 0 Å². The summed E-state index contributed by atoms with van der Waals surface area (Å²) in [5.41, 5.74) is 3.07. The molecule has 18 heavy (non-hydrogen) atoms. The predicted octanol–water partition coefficient (Wildman–Crippen LogP) is 4.50. The fraction of sp³-hybridized carbons (Fsp3) is 0.286. The van der Waals surface area contributed by atoms with Gasteiger partial charge >= 0.3 is 0 Å². The standard InChI is InChI=1S/C14H14Cl2N2/c1-9(2)12-11(17-14(16)18-13(12)15)8-10-6-4-3-5-7-10/h3-7,9H,8H2,1-2H3. The van der Waals surface area contributed by atoms with E-state index in [4.69, 9.17) is 23.2 Å². The molecule has 0 radical (unpaired) electrons. The number of halogens is 2. The van der Waals surface area contributed by atoms with Crippen molar-refractivity contribution in [3.63, 3.8) is 0 Å². The minimum absolute atomic E-state index is 0.204. The van der Waals surface area contributed by atoms with Crippen molar-refractivity contribution in [2.75, 3.05) is 0 Å². The highest BCUT2D eigenvalue weighted by Crippen LogP contribution is 2.28. The van der Waals surface area contributed by atoms with E-state index in [1.807, 2.05) is 18.2 Å². The normalized spacial score (nSPS) is 10.9. The number of benzene rings is 1. The van der Waals surface area contributed by atoms with Crippen LogP contribution in [-0.2, 0) is 6.42 Å². The van der Waals surface area contributed by atoms with Crippen LogP contribution in [0.2, 0.25) is 10.4 Å². The van der Waals surface area contributed by atoms with E-state index < -0.39 is 0 Å². The van der Waals surface area contributed by atoms with E-state index in [2.05, 4.69) is 35.9 Å². The zero-order valence-electron chi connectivity index (χ0n) is 10.3. The van der Waals surface area contributed by atoms with E-state index in [1.165, 1.54) is 5.56 Å². The van der Waals surface area contributed by atoms with Gasteiger partial charge in [0.05, 0.1) is 5.69 Å². The molecule has 4 heteroatoms. The van der Waals surface area contributed by atoms with Crippen molar-refractivity contribution in [3.05, 3.63) is 57.6 Å². The molecule has 0 aliphatic carbocycles. The maximum absolute atomic E-state index is 6.16. The average Bonchev–Trinajstić information content (AvgIpc) is 2.28. The van der Waals surface area contributed by atoms with Crippen LogP contribution in [0, 0.1) is 0 Å². The van der Waals surface area contributed by atoms with Gasteiger partial charge in [0.15, 0.2) is 0 Å². The maximum Gasteiger partial charge on any atom is 0.224 e. The SMILES string of the molecule is CC(C)c1c(Cl)nc(Cl)nc1Cc1ccccc1. The fourth-order valence-corrected chi connectivity index (χ4v) is 2.59. The summed E-state index contributed by atoms with van der Waals surface area (Å²) in [6.45, 7) is 4.15. The van der Waals surface area contributed by atoms with Gasteiger partial charge < -0.3 is 0 Å². The first-order valence-electron chi connectivity index (χ1n) is 5.83. The molecule has 0 spiro atoms. The van der Waals surface area contributed by atoms with Crippen LogP contribution < -0.4 is 0 Å². The second-order valence-electron chi connectivity index (χ2n) is 4.46. The Balaban J connectivity index is 2.43. The third-order valence-corrected chi connectivity index (χ3v) is 3.20. The van der Waals surface area contributed by atoms with Crippen molar-refractivity contribution in [1.29, 1.82) is 0 Å². The van der Waals surface area contributed by atoms with Crippen LogP contribution in [0.15, 0.2) is 30.3 Å². The molecule has 0 fully saturated rings. The van der Waals surface area contributed by atoms with Gasteiger partial charge in [0, 0.05) is 12.0 Å². The van der Waals surface area contributed by atoms with Crippen molar-refractivity contribution < 1.29 is 0 Å². The lowest BCUT2D eigenvalue weighted by atomic mass is 9.99. The van der Waals surface area contributed by atoms with E-state index in [-0.39, 0.29) is 11.2 Å². The summed E-state index contributed by atoms with van der Waals surface area (Å²) in [4.78, 5) is 8.34. The number of rotatable bonds is 3. The lowest BCUT2D eigenvalue weighted by Crippen LogP contribution is -2.04. The monoisotopic (exact) mass is 280 g/mol. The third kappa shape index (κ3) is 3.01. The van der Waals surface area contributed by atoms with Gasteiger partial charge in [-0.05, 0) is 23.1 Å². The average molecular weight is 281 g/mol. The fourth-order valence-electron chi connectivity index (χ4n) is 1.95. The lowest BCUT2D eigenvalue weighted by molar-refractivity contribution is 0.816. The van der Waals surface area contributed by atoms with Gasteiger partial charge in [0.2, 0.25) is 5.28 Å². The molecule has 0 atom stereocenters. The zero-order chi connectivity index (χ0) is 13.1. The highest BCUT2D eigenvalue weighted by Gasteiger charge is 2.15. The molecule has 2 aromatic rings.